The van der Waals surface area contributed by atoms with Crippen LogP contribution in [-0.4, -0.2) is 23.8 Å². The Hall–Kier alpha value is -2.03. The van der Waals surface area contributed by atoms with Gasteiger partial charge in [0, 0.05) is 42.0 Å². The van der Waals surface area contributed by atoms with E-state index in [-0.39, 0.29) is 5.78 Å². The van der Waals surface area contributed by atoms with Gasteiger partial charge in [0.2, 0.25) is 0 Å². The summed E-state index contributed by atoms with van der Waals surface area (Å²) in [6.45, 7) is 8.08. The number of ketones is 1. The number of benzene rings is 1. The monoisotopic (exact) mass is 270 g/mol. The van der Waals surface area contributed by atoms with Gasteiger partial charge >= 0.3 is 0 Å². The molecule has 1 heterocycles. The van der Waals surface area contributed by atoms with Crippen LogP contribution in [0.3, 0.4) is 0 Å². The number of hydrogen-bond acceptors (Lipinski definition) is 3. The second-order valence-corrected chi connectivity index (χ2v) is 5.10. The number of Topliss-reactive ketones (excluding diaryl/α,β-unsaturated/α-hetero) is 1. The van der Waals surface area contributed by atoms with Crippen LogP contribution in [0.25, 0.3) is 6.08 Å². The average Bonchev–Trinajstić information content (AvgIpc) is 2.98. The van der Waals surface area contributed by atoms with Crippen molar-refractivity contribution in [3.63, 3.8) is 0 Å². The molecular weight excluding hydrogens is 248 g/mol. The van der Waals surface area contributed by atoms with Crippen LogP contribution in [0.15, 0.2) is 36.6 Å². The number of anilines is 1. The highest BCUT2D eigenvalue weighted by molar-refractivity contribution is 6.01. The van der Waals surface area contributed by atoms with Crippen molar-refractivity contribution in [2.24, 2.45) is 0 Å². The zero-order valence-corrected chi connectivity index (χ0v) is 12.1. The minimum atomic E-state index is 0.115. The molecule has 2 rings (SSSR count). The molecule has 0 amide bonds. The van der Waals surface area contributed by atoms with Gasteiger partial charge in [0.1, 0.15) is 0 Å². The molecule has 2 N–H and O–H groups in total. The minimum absolute atomic E-state index is 0.115. The zero-order chi connectivity index (χ0) is 14.5. The molecule has 1 aliphatic rings. The predicted molar refractivity (Wildman–Crippen MR) is 84.5 cm³/mol. The Morgan fingerprint density at radius 3 is 2.75 bits per heavy atom. The lowest BCUT2D eigenvalue weighted by Gasteiger charge is -2.17. The summed E-state index contributed by atoms with van der Waals surface area (Å²) in [6, 6.07) is 5.48. The number of nitrogen functional groups attached to an aromatic ring is 1. The van der Waals surface area contributed by atoms with Crippen LogP contribution in [0, 0.1) is 0 Å². The van der Waals surface area contributed by atoms with Gasteiger partial charge in [-0.15, -0.1) is 0 Å². The predicted octanol–water partition coefficient (Wildman–Crippen LogP) is 3.48. The quantitative estimate of drug-likeness (QED) is 0.506. The fraction of sp³-hybridized carbons (Fsp3) is 0.353. The molecule has 0 spiro atoms. The first-order valence-electron chi connectivity index (χ1n) is 7.17. The van der Waals surface area contributed by atoms with Gasteiger partial charge in [-0.2, -0.15) is 0 Å². The molecule has 0 aliphatic carbocycles. The van der Waals surface area contributed by atoms with E-state index in [0.29, 0.717) is 17.7 Å². The summed E-state index contributed by atoms with van der Waals surface area (Å²) >= 11 is 0. The highest BCUT2D eigenvalue weighted by Gasteiger charge is 2.13. The fourth-order valence-electron chi connectivity index (χ4n) is 2.49. The second kappa shape index (κ2) is 6.42. The minimum Gasteiger partial charge on any atom is -0.398 e. The van der Waals surface area contributed by atoms with Crippen LogP contribution in [0.4, 0.5) is 5.69 Å². The van der Waals surface area contributed by atoms with E-state index in [2.05, 4.69) is 11.5 Å². The maximum atomic E-state index is 12.0. The Morgan fingerprint density at radius 1 is 1.40 bits per heavy atom. The summed E-state index contributed by atoms with van der Waals surface area (Å²) in [4.78, 5) is 14.2. The maximum Gasteiger partial charge on any atom is 0.163 e. The lowest BCUT2D eigenvalue weighted by molar-refractivity contribution is 0.0988. The van der Waals surface area contributed by atoms with E-state index in [1.807, 2.05) is 37.3 Å². The van der Waals surface area contributed by atoms with Gasteiger partial charge in [0.15, 0.2) is 5.78 Å². The third-order valence-corrected chi connectivity index (χ3v) is 3.72. The molecule has 0 bridgehead atoms. The molecular formula is C17H22N2O. The smallest absolute Gasteiger partial charge is 0.163 e. The van der Waals surface area contributed by atoms with Crippen molar-refractivity contribution in [3.8, 4) is 0 Å². The lowest BCUT2D eigenvalue weighted by atomic mass is 10.00. The Morgan fingerprint density at radius 2 is 2.10 bits per heavy atom. The Balaban J connectivity index is 2.23. The molecule has 1 aromatic carbocycles. The van der Waals surface area contributed by atoms with Crippen molar-refractivity contribution in [2.75, 3.05) is 18.8 Å². The lowest BCUT2D eigenvalue weighted by Crippen LogP contribution is -2.16. The average molecular weight is 270 g/mol. The number of carbonyl (C=O) groups is 1. The maximum absolute atomic E-state index is 12.0. The first-order valence-corrected chi connectivity index (χ1v) is 7.17. The molecule has 106 valence electrons. The van der Waals surface area contributed by atoms with E-state index in [1.54, 1.807) is 0 Å². The largest absolute Gasteiger partial charge is 0.398 e. The summed E-state index contributed by atoms with van der Waals surface area (Å²) < 4.78 is 0. The molecule has 3 heteroatoms. The van der Waals surface area contributed by atoms with Crippen molar-refractivity contribution in [2.45, 2.75) is 26.2 Å². The summed E-state index contributed by atoms with van der Waals surface area (Å²) in [5.41, 5.74) is 9.13. The van der Waals surface area contributed by atoms with Gasteiger partial charge in [-0.25, -0.2) is 0 Å². The molecule has 1 fully saturated rings. The molecule has 20 heavy (non-hydrogen) atoms. The summed E-state index contributed by atoms with van der Waals surface area (Å²) in [7, 11) is 0. The fourth-order valence-corrected chi connectivity index (χ4v) is 2.49. The van der Waals surface area contributed by atoms with Gasteiger partial charge in [0.25, 0.3) is 0 Å². The van der Waals surface area contributed by atoms with Crippen LogP contribution in [-0.2, 0) is 0 Å². The highest BCUT2D eigenvalue weighted by atomic mass is 16.1. The van der Waals surface area contributed by atoms with Crippen molar-refractivity contribution >= 4 is 17.5 Å². The summed E-state index contributed by atoms with van der Waals surface area (Å²) in [5.74, 6) is 0.115. The number of carbonyl (C=O) groups excluding carboxylic acids is 1. The third kappa shape index (κ3) is 3.10. The van der Waals surface area contributed by atoms with Crippen molar-refractivity contribution < 1.29 is 4.79 Å². The number of rotatable bonds is 5. The number of likely N-dealkylation sites (tertiary alicyclic amines) is 1. The first-order chi connectivity index (χ1) is 9.63. The Labute approximate surface area is 120 Å². The summed E-state index contributed by atoms with van der Waals surface area (Å²) in [6.07, 6.45) is 6.81. The van der Waals surface area contributed by atoms with Gasteiger partial charge in [-0.1, -0.05) is 31.7 Å². The van der Waals surface area contributed by atoms with Gasteiger partial charge in [-0.05, 0) is 25.0 Å². The van der Waals surface area contributed by atoms with Crippen molar-refractivity contribution in [3.05, 3.63) is 47.7 Å². The van der Waals surface area contributed by atoms with Crippen molar-refractivity contribution in [1.82, 2.24) is 4.90 Å². The van der Waals surface area contributed by atoms with Gasteiger partial charge in [0.05, 0.1) is 0 Å². The van der Waals surface area contributed by atoms with E-state index in [4.69, 9.17) is 5.73 Å². The van der Waals surface area contributed by atoms with E-state index in [1.165, 1.54) is 12.8 Å². The van der Waals surface area contributed by atoms with Crippen LogP contribution in [0.2, 0.25) is 0 Å². The van der Waals surface area contributed by atoms with E-state index < -0.39 is 0 Å². The van der Waals surface area contributed by atoms with Crippen LogP contribution >= 0.6 is 0 Å². The number of nitrogens with zero attached hydrogens (tertiary/aromatic N) is 1. The highest BCUT2D eigenvalue weighted by Crippen LogP contribution is 2.22. The van der Waals surface area contributed by atoms with Crippen LogP contribution < -0.4 is 5.73 Å². The number of nitrogens with two attached hydrogens (primary N) is 1. The van der Waals surface area contributed by atoms with Gasteiger partial charge in [-0.3, -0.25) is 4.79 Å². The van der Waals surface area contributed by atoms with Crippen LogP contribution in [0.5, 0.6) is 0 Å². The molecule has 3 nitrogen and oxygen atoms in total. The van der Waals surface area contributed by atoms with Crippen LogP contribution in [0.1, 0.15) is 42.1 Å². The van der Waals surface area contributed by atoms with E-state index >= 15 is 0 Å². The normalized spacial score (nSPS) is 14.9. The number of hydrogen-bond donors (Lipinski definition) is 1. The molecule has 1 saturated heterocycles. The molecule has 1 aliphatic heterocycles. The molecule has 0 unspecified atom stereocenters. The Bertz CT molecular complexity index is 540. The van der Waals surface area contributed by atoms with Crippen molar-refractivity contribution in [1.29, 1.82) is 0 Å². The van der Waals surface area contributed by atoms with E-state index in [0.717, 1.165) is 24.4 Å². The molecule has 0 saturated carbocycles. The standard InChI is InChI=1S/C17H22N2O/c1-3-17(20)15-7-6-8-16(18)14(15)10-9-13(2)19-11-4-5-12-19/h6-10H,2-5,11-12,18H2,1H3/b10-9-. The Kier molecular flexibility index (Phi) is 4.61. The molecule has 0 radical (unpaired) electrons. The molecule has 1 aromatic rings. The topological polar surface area (TPSA) is 46.3 Å². The van der Waals surface area contributed by atoms with E-state index in [9.17, 15) is 4.79 Å². The zero-order valence-electron chi connectivity index (χ0n) is 12.1. The molecule has 0 aromatic heterocycles. The number of allylic oxidation sites excluding steroid dienone is 1. The third-order valence-electron chi connectivity index (χ3n) is 3.72. The van der Waals surface area contributed by atoms with Gasteiger partial charge < -0.3 is 10.6 Å². The second-order valence-electron chi connectivity index (χ2n) is 5.10. The first kappa shape index (κ1) is 14.4. The molecule has 0 atom stereocenters. The SMILES string of the molecule is C=C(/C=C\c1c(N)cccc1C(=O)CC)N1CCCC1. The summed E-state index contributed by atoms with van der Waals surface area (Å²) in [5, 5.41) is 0.